The lowest BCUT2D eigenvalue weighted by atomic mass is 9.84. The van der Waals surface area contributed by atoms with E-state index in [1.165, 1.54) is 61.1 Å². The van der Waals surface area contributed by atoms with E-state index in [4.69, 9.17) is 0 Å². The Morgan fingerprint density at radius 2 is 1.69 bits per heavy atom. The predicted octanol–water partition coefficient (Wildman–Crippen LogP) is 6.75. The monoisotopic (exact) mass is 364 g/mol. The summed E-state index contributed by atoms with van der Waals surface area (Å²) in [7, 11) is 0. The lowest BCUT2D eigenvalue weighted by Crippen LogP contribution is -2.04. The number of halogens is 1. The Kier molecular flexibility index (Phi) is 5.21. The number of benzene rings is 2. The average molecular weight is 364 g/mol. The zero-order valence-corrected chi connectivity index (χ0v) is 15.4. The van der Waals surface area contributed by atoms with Crippen LogP contribution in [0, 0.1) is 5.82 Å². The van der Waals surface area contributed by atoms with Crippen molar-refractivity contribution in [3.05, 3.63) is 70.9 Å². The SMILES string of the molecule is Fc1ccc(C=Nc2nc(-c3ccc(C4CCCCC4)cc3)cs2)cc1. The highest BCUT2D eigenvalue weighted by Gasteiger charge is 2.15. The van der Waals surface area contributed by atoms with E-state index in [1.807, 2.05) is 5.38 Å². The lowest BCUT2D eigenvalue weighted by molar-refractivity contribution is 0.443. The van der Waals surface area contributed by atoms with Gasteiger partial charge in [0.05, 0.1) is 5.69 Å². The molecule has 0 N–H and O–H groups in total. The summed E-state index contributed by atoms with van der Waals surface area (Å²) in [6, 6.07) is 15.1. The molecule has 0 atom stereocenters. The maximum absolute atomic E-state index is 12.9. The van der Waals surface area contributed by atoms with Crippen LogP contribution in [0.4, 0.5) is 9.52 Å². The number of rotatable bonds is 4. The molecule has 26 heavy (non-hydrogen) atoms. The third kappa shape index (κ3) is 4.07. The molecule has 0 spiro atoms. The summed E-state index contributed by atoms with van der Waals surface area (Å²) in [5.74, 6) is 0.486. The summed E-state index contributed by atoms with van der Waals surface area (Å²) in [5.41, 5.74) is 4.40. The predicted molar refractivity (Wildman–Crippen MR) is 107 cm³/mol. The Hall–Kier alpha value is -2.33. The van der Waals surface area contributed by atoms with Gasteiger partial charge in [-0.05, 0) is 42.0 Å². The van der Waals surface area contributed by atoms with Gasteiger partial charge in [-0.1, -0.05) is 55.7 Å². The molecule has 0 unspecified atom stereocenters. The highest BCUT2D eigenvalue weighted by atomic mass is 32.1. The first kappa shape index (κ1) is 17.1. The molecule has 0 radical (unpaired) electrons. The minimum Gasteiger partial charge on any atom is -0.227 e. The van der Waals surface area contributed by atoms with Crippen molar-refractivity contribution in [2.45, 2.75) is 38.0 Å². The Labute approximate surface area is 157 Å². The van der Waals surface area contributed by atoms with Gasteiger partial charge < -0.3 is 0 Å². The van der Waals surface area contributed by atoms with Gasteiger partial charge in [-0.25, -0.2) is 14.4 Å². The minimum absolute atomic E-state index is 0.240. The highest BCUT2D eigenvalue weighted by Crippen LogP contribution is 2.34. The molecule has 2 nitrogen and oxygen atoms in total. The van der Waals surface area contributed by atoms with Crippen molar-refractivity contribution in [2.75, 3.05) is 0 Å². The van der Waals surface area contributed by atoms with Crippen LogP contribution in [-0.2, 0) is 0 Å². The number of hydrogen-bond donors (Lipinski definition) is 0. The summed E-state index contributed by atoms with van der Waals surface area (Å²) in [6.45, 7) is 0. The Bertz CT molecular complexity index is 875. The molecule has 4 rings (SSSR count). The molecule has 3 aromatic rings. The van der Waals surface area contributed by atoms with Gasteiger partial charge in [0, 0.05) is 17.2 Å². The van der Waals surface area contributed by atoms with Gasteiger partial charge in [0.25, 0.3) is 0 Å². The minimum atomic E-state index is -0.240. The van der Waals surface area contributed by atoms with E-state index in [9.17, 15) is 4.39 Å². The number of nitrogens with zero attached hydrogens (tertiary/aromatic N) is 2. The van der Waals surface area contributed by atoms with Crippen molar-refractivity contribution in [3.63, 3.8) is 0 Å². The normalized spacial score (nSPS) is 15.6. The van der Waals surface area contributed by atoms with Crippen molar-refractivity contribution in [3.8, 4) is 11.3 Å². The second kappa shape index (κ2) is 7.92. The topological polar surface area (TPSA) is 25.2 Å². The van der Waals surface area contributed by atoms with Gasteiger partial charge in [-0.3, -0.25) is 0 Å². The summed E-state index contributed by atoms with van der Waals surface area (Å²) in [6.07, 6.45) is 8.45. The van der Waals surface area contributed by atoms with E-state index in [-0.39, 0.29) is 5.82 Å². The fourth-order valence-electron chi connectivity index (χ4n) is 3.50. The fourth-order valence-corrected chi connectivity index (χ4v) is 4.17. The summed E-state index contributed by atoms with van der Waals surface area (Å²) >= 11 is 1.52. The molecule has 0 aliphatic heterocycles. The molecule has 1 saturated carbocycles. The molecule has 1 aromatic heterocycles. The highest BCUT2D eigenvalue weighted by molar-refractivity contribution is 7.13. The number of aliphatic imine (C=N–C) groups is 1. The molecule has 1 aliphatic rings. The molecule has 1 fully saturated rings. The lowest BCUT2D eigenvalue weighted by Gasteiger charge is -2.22. The number of hydrogen-bond acceptors (Lipinski definition) is 3. The Morgan fingerprint density at radius 1 is 0.962 bits per heavy atom. The van der Waals surface area contributed by atoms with Crippen LogP contribution in [0.5, 0.6) is 0 Å². The van der Waals surface area contributed by atoms with Gasteiger partial charge in [-0.2, -0.15) is 0 Å². The van der Waals surface area contributed by atoms with Crippen molar-refractivity contribution in [1.29, 1.82) is 0 Å². The van der Waals surface area contributed by atoms with E-state index in [1.54, 1.807) is 18.3 Å². The molecule has 2 aromatic carbocycles. The van der Waals surface area contributed by atoms with E-state index in [0.29, 0.717) is 5.13 Å². The van der Waals surface area contributed by atoms with Crippen LogP contribution in [0.3, 0.4) is 0 Å². The third-order valence-corrected chi connectivity index (χ3v) is 5.72. The third-order valence-electron chi connectivity index (χ3n) is 4.97. The smallest absolute Gasteiger partial charge is 0.209 e. The van der Waals surface area contributed by atoms with E-state index < -0.39 is 0 Å². The van der Waals surface area contributed by atoms with Gasteiger partial charge in [0.2, 0.25) is 5.13 Å². The quantitative estimate of drug-likeness (QED) is 0.470. The molecule has 132 valence electrons. The molecule has 0 saturated heterocycles. The molecule has 1 aliphatic carbocycles. The summed E-state index contributed by atoms with van der Waals surface area (Å²) in [4.78, 5) is 9.01. The first-order valence-corrected chi connectivity index (χ1v) is 10.0. The van der Waals surface area contributed by atoms with Crippen LogP contribution in [0.1, 0.15) is 49.1 Å². The zero-order valence-electron chi connectivity index (χ0n) is 14.6. The summed E-state index contributed by atoms with van der Waals surface area (Å²) < 4.78 is 12.9. The van der Waals surface area contributed by atoms with Gasteiger partial charge >= 0.3 is 0 Å². The van der Waals surface area contributed by atoms with E-state index in [0.717, 1.165) is 22.7 Å². The molecule has 4 heteroatoms. The van der Waals surface area contributed by atoms with Gasteiger partial charge in [0.15, 0.2) is 0 Å². The van der Waals surface area contributed by atoms with E-state index >= 15 is 0 Å². The first-order chi connectivity index (χ1) is 12.8. The van der Waals surface area contributed by atoms with Crippen molar-refractivity contribution in [2.24, 2.45) is 4.99 Å². The molecule has 1 heterocycles. The van der Waals surface area contributed by atoms with Crippen LogP contribution in [-0.4, -0.2) is 11.2 Å². The van der Waals surface area contributed by atoms with Crippen molar-refractivity contribution < 1.29 is 4.39 Å². The van der Waals surface area contributed by atoms with Gasteiger partial charge in [-0.15, -0.1) is 11.3 Å². The van der Waals surface area contributed by atoms with Crippen LogP contribution in [0.25, 0.3) is 11.3 Å². The Balaban J connectivity index is 1.46. The average Bonchev–Trinajstić information content (AvgIpc) is 3.17. The van der Waals surface area contributed by atoms with Gasteiger partial charge in [0.1, 0.15) is 5.82 Å². The molecular weight excluding hydrogens is 343 g/mol. The molecular formula is C22H21FN2S. The first-order valence-electron chi connectivity index (χ1n) is 9.13. The van der Waals surface area contributed by atoms with Crippen molar-refractivity contribution >= 4 is 22.7 Å². The van der Waals surface area contributed by atoms with Crippen LogP contribution < -0.4 is 0 Å². The second-order valence-electron chi connectivity index (χ2n) is 6.78. The van der Waals surface area contributed by atoms with Crippen LogP contribution >= 0.6 is 11.3 Å². The van der Waals surface area contributed by atoms with Crippen LogP contribution in [0.2, 0.25) is 0 Å². The second-order valence-corrected chi connectivity index (χ2v) is 7.62. The summed E-state index contributed by atoms with van der Waals surface area (Å²) in [5, 5.41) is 2.74. The van der Waals surface area contributed by atoms with E-state index in [2.05, 4.69) is 34.2 Å². The van der Waals surface area contributed by atoms with Crippen LogP contribution in [0.15, 0.2) is 58.9 Å². The maximum atomic E-state index is 12.9. The molecule has 0 bridgehead atoms. The molecule has 0 amide bonds. The zero-order chi connectivity index (χ0) is 17.8. The number of thiazole rings is 1. The number of aromatic nitrogens is 1. The standard InChI is InChI=1S/C22H21FN2S/c23-20-12-6-16(7-13-20)14-24-22-25-21(15-26-22)19-10-8-18(9-11-19)17-4-2-1-3-5-17/h6-15,17H,1-5H2. The maximum Gasteiger partial charge on any atom is 0.209 e. The largest absolute Gasteiger partial charge is 0.227 e. The Morgan fingerprint density at radius 3 is 2.42 bits per heavy atom. The van der Waals surface area contributed by atoms with Crippen molar-refractivity contribution in [1.82, 2.24) is 4.98 Å². The fraction of sp³-hybridized carbons (Fsp3) is 0.273.